The Hall–Kier alpha value is -4.24. The Labute approximate surface area is 267 Å². The Kier molecular flexibility index (Phi) is 9.30. The number of hydrazine groups is 1. The third-order valence-corrected chi connectivity index (χ3v) is 9.72. The third-order valence-electron chi connectivity index (χ3n) is 6.63. The number of aromatic nitrogens is 4. The van der Waals surface area contributed by atoms with Crippen molar-refractivity contribution in [1.29, 1.82) is 0 Å². The van der Waals surface area contributed by atoms with Crippen LogP contribution < -0.4 is 22.3 Å². The van der Waals surface area contributed by atoms with Gasteiger partial charge in [-0.3, -0.25) is 24.7 Å². The maximum absolute atomic E-state index is 13.4. The number of carboxylic acid groups (broad SMARTS) is 1. The Balaban J connectivity index is 1.34. The monoisotopic (exact) mass is 676 g/mol. The van der Waals surface area contributed by atoms with E-state index in [1.807, 2.05) is 11.5 Å². The fourth-order valence-corrected chi connectivity index (χ4v) is 7.47. The molecule has 45 heavy (non-hydrogen) atoms. The molecule has 2 atom stereocenters. The van der Waals surface area contributed by atoms with Crippen LogP contribution in [0.15, 0.2) is 45.2 Å². The summed E-state index contributed by atoms with van der Waals surface area (Å²) in [6.07, 6.45) is 1.61. The molecule has 0 bridgehead atoms. The molecule has 20 heteroatoms. The highest BCUT2D eigenvalue weighted by Gasteiger charge is 2.54. The lowest BCUT2D eigenvalue weighted by Gasteiger charge is -2.49. The van der Waals surface area contributed by atoms with Gasteiger partial charge in [0.1, 0.15) is 27.8 Å². The number of carbonyl (C=O) groups excluding carboxylic acids is 3. The minimum Gasteiger partial charge on any atom is -0.477 e. The van der Waals surface area contributed by atoms with Gasteiger partial charge in [0.15, 0.2) is 16.5 Å². The van der Waals surface area contributed by atoms with Gasteiger partial charge in [0.05, 0.1) is 18.5 Å². The summed E-state index contributed by atoms with van der Waals surface area (Å²) >= 11 is 3.72. The van der Waals surface area contributed by atoms with Gasteiger partial charge < -0.3 is 25.7 Å². The highest BCUT2D eigenvalue weighted by Crippen LogP contribution is 2.41. The largest absolute Gasteiger partial charge is 0.477 e. The fourth-order valence-electron chi connectivity index (χ4n) is 4.40. The SMILES string of the molecule is COCc1cc(SCC2=C(C(=O)O)N3C(=O)C(NC(=O)C(=NOC(C)(C)C(=O)NN)c4csc(N)n4)[C@@H]3SC2)n2nccc2n1. The number of ether oxygens (including phenoxy) is 1. The minimum absolute atomic E-state index is 0.0559. The zero-order valence-corrected chi connectivity index (χ0v) is 26.5. The smallest absolute Gasteiger partial charge is 0.352 e. The number of nitrogens with zero attached hydrogens (tertiary/aromatic N) is 6. The number of aliphatic carboxylic acids is 1. The van der Waals surface area contributed by atoms with Gasteiger partial charge in [0.25, 0.3) is 17.7 Å². The topological polar surface area (TPSA) is 242 Å². The fraction of sp³-hybridized carbons (Fsp3) is 0.360. The van der Waals surface area contributed by atoms with E-state index in [1.165, 1.54) is 47.7 Å². The standard InChI is InChI=1S/C25H28N10O7S3/c1-25(2,23(40)32-27)42-33-16(13-10-45-24(26)30-13)19(36)31-17-20(37)34-18(22(38)39)11(9-44-21(17)34)8-43-15-6-12(7-41-3)29-14-4-5-28-35(14)15/h4-6,10,17,21H,7-9,27H2,1-3H3,(H2,26,30)(H,31,36)(H,32,40)(H,38,39)/t17?,21-/m0/s1. The molecule has 0 radical (unpaired) electrons. The average Bonchev–Trinajstić information content (AvgIpc) is 3.66. The number of amides is 3. The van der Waals surface area contributed by atoms with Crippen LogP contribution in [0.1, 0.15) is 25.2 Å². The van der Waals surface area contributed by atoms with E-state index in [-0.39, 0.29) is 28.0 Å². The van der Waals surface area contributed by atoms with Crippen molar-refractivity contribution in [2.24, 2.45) is 11.0 Å². The van der Waals surface area contributed by atoms with E-state index < -0.39 is 40.7 Å². The number of thiazole rings is 1. The number of carbonyl (C=O) groups is 4. The Morgan fingerprint density at radius 3 is 2.76 bits per heavy atom. The lowest BCUT2D eigenvalue weighted by Crippen LogP contribution is -2.71. The number of hydrogen-bond donors (Lipinski definition) is 5. The predicted octanol–water partition coefficient (Wildman–Crippen LogP) is -0.0655. The number of hydrogen-bond acceptors (Lipinski definition) is 15. The summed E-state index contributed by atoms with van der Waals surface area (Å²) in [5, 5.41) is 22.5. The second-order valence-electron chi connectivity index (χ2n) is 10.1. The first-order valence-corrected chi connectivity index (χ1v) is 16.0. The summed E-state index contributed by atoms with van der Waals surface area (Å²) < 4.78 is 6.85. The van der Waals surface area contributed by atoms with E-state index >= 15 is 0 Å². The molecule has 17 nitrogen and oxygen atoms in total. The number of nitrogens with two attached hydrogens (primary N) is 2. The zero-order valence-electron chi connectivity index (χ0n) is 24.0. The molecule has 0 spiro atoms. The van der Waals surface area contributed by atoms with Crippen molar-refractivity contribution in [1.82, 2.24) is 35.2 Å². The van der Waals surface area contributed by atoms with Crippen molar-refractivity contribution in [2.45, 2.75) is 42.5 Å². The second-order valence-corrected chi connectivity index (χ2v) is 13.1. The number of oxime groups is 1. The molecular weight excluding hydrogens is 649 g/mol. The highest BCUT2D eigenvalue weighted by atomic mass is 32.2. The molecule has 1 unspecified atom stereocenters. The summed E-state index contributed by atoms with van der Waals surface area (Å²) in [5.41, 5.74) is 7.56. The number of methoxy groups -OCH3 is 1. The number of anilines is 1. The van der Waals surface area contributed by atoms with Gasteiger partial charge in [0, 0.05) is 30.1 Å². The van der Waals surface area contributed by atoms with Crippen molar-refractivity contribution in [3.63, 3.8) is 0 Å². The first kappa shape index (κ1) is 32.2. The van der Waals surface area contributed by atoms with Crippen LogP contribution in [0.2, 0.25) is 0 Å². The van der Waals surface area contributed by atoms with E-state index in [4.69, 9.17) is 21.2 Å². The number of carboxylic acids is 1. The molecular formula is C25H28N10O7S3. The van der Waals surface area contributed by atoms with Gasteiger partial charge in [-0.05, 0) is 25.5 Å². The molecule has 1 saturated heterocycles. The van der Waals surface area contributed by atoms with Gasteiger partial charge >= 0.3 is 5.97 Å². The van der Waals surface area contributed by atoms with Crippen molar-refractivity contribution < 1.29 is 33.9 Å². The first-order chi connectivity index (χ1) is 21.4. The molecule has 0 aromatic carbocycles. The molecule has 0 saturated carbocycles. The Bertz CT molecular complexity index is 1740. The van der Waals surface area contributed by atoms with E-state index in [2.05, 4.69) is 25.5 Å². The van der Waals surface area contributed by atoms with Crippen LogP contribution in [0.5, 0.6) is 0 Å². The Morgan fingerprint density at radius 1 is 1.31 bits per heavy atom. The van der Waals surface area contributed by atoms with Crippen molar-refractivity contribution >= 4 is 75.0 Å². The number of nitrogen functional groups attached to an aromatic ring is 1. The third kappa shape index (κ3) is 6.45. The van der Waals surface area contributed by atoms with Crippen LogP contribution in [0.3, 0.4) is 0 Å². The zero-order chi connectivity index (χ0) is 32.5. The van der Waals surface area contributed by atoms with Crippen LogP contribution >= 0.6 is 34.9 Å². The number of nitrogens with one attached hydrogen (secondary N) is 2. The van der Waals surface area contributed by atoms with E-state index in [0.29, 0.717) is 29.3 Å². The van der Waals surface area contributed by atoms with E-state index in [1.54, 1.807) is 23.9 Å². The van der Waals surface area contributed by atoms with Crippen molar-refractivity contribution in [3.8, 4) is 0 Å². The van der Waals surface area contributed by atoms with Crippen LogP contribution in [-0.2, 0) is 35.4 Å². The molecule has 3 aromatic heterocycles. The van der Waals surface area contributed by atoms with Crippen LogP contribution in [-0.4, -0.2) is 94.6 Å². The summed E-state index contributed by atoms with van der Waals surface area (Å²) in [4.78, 5) is 66.2. The maximum atomic E-state index is 13.4. The first-order valence-electron chi connectivity index (χ1n) is 13.1. The lowest BCUT2D eigenvalue weighted by atomic mass is 10.0. The minimum atomic E-state index is -1.55. The number of β-lactam (4-membered cyclic amide) rings is 1. The van der Waals surface area contributed by atoms with Gasteiger partial charge in [0.2, 0.25) is 5.60 Å². The maximum Gasteiger partial charge on any atom is 0.352 e. The molecule has 238 valence electrons. The normalized spacial score (nSPS) is 18.4. The second kappa shape index (κ2) is 13.0. The molecule has 3 aromatic rings. The van der Waals surface area contributed by atoms with Crippen LogP contribution in [0.25, 0.3) is 5.65 Å². The number of thioether (sulfide) groups is 2. The number of rotatable bonds is 12. The van der Waals surface area contributed by atoms with Crippen molar-refractivity contribution in [3.05, 3.63) is 46.4 Å². The Morgan fingerprint density at radius 2 is 2.09 bits per heavy atom. The molecule has 2 aliphatic heterocycles. The molecule has 1 fully saturated rings. The van der Waals surface area contributed by atoms with Gasteiger partial charge in [-0.25, -0.2) is 25.1 Å². The summed E-state index contributed by atoms with van der Waals surface area (Å²) in [6, 6.07) is 2.51. The van der Waals surface area contributed by atoms with Crippen molar-refractivity contribution in [2.75, 3.05) is 24.3 Å². The van der Waals surface area contributed by atoms with Crippen LogP contribution in [0.4, 0.5) is 5.13 Å². The van der Waals surface area contributed by atoms with E-state index in [9.17, 15) is 24.3 Å². The highest BCUT2D eigenvalue weighted by molar-refractivity contribution is 8.01. The molecule has 5 heterocycles. The quantitative estimate of drug-likeness (QED) is 0.0321. The predicted molar refractivity (Wildman–Crippen MR) is 165 cm³/mol. The molecule has 0 aliphatic carbocycles. The summed E-state index contributed by atoms with van der Waals surface area (Å²) in [6.45, 7) is 3.06. The van der Waals surface area contributed by atoms with Gasteiger partial charge in [-0.2, -0.15) is 5.10 Å². The molecule has 3 amide bonds. The summed E-state index contributed by atoms with van der Waals surface area (Å²) in [5.74, 6) is 2.34. The van der Waals surface area contributed by atoms with Gasteiger partial charge in [-0.15, -0.1) is 34.9 Å². The molecule has 7 N–H and O–H groups in total. The lowest BCUT2D eigenvalue weighted by molar-refractivity contribution is -0.150. The number of fused-ring (bicyclic) bond motifs is 2. The molecule has 2 aliphatic rings. The van der Waals surface area contributed by atoms with Gasteiger partial charge in [-0.1, -0.05) is 5.16 Å². The van der Waals surface area contributed by atoms with Crippen LogP contribution in [0, 0.1) is 0 Å². The van der Waals surface area contributed by atoms with E-state index in [0.717, 1.165) is 16.4 Å². The summed E-state index contributed by atoms with van der Waals surface area (Å²) in [7, 11) is 1.56. The molecule has 5 rings (SSSR count). The average molecular weight is 677 g/mol.